The molecule has 1 aliphatic rings. The van der Waals surface area contributed by atoms with Crippen molar-refractivity contribution in [3.05, 3.63) is 21.9 Å². The summed E-state index contributed by atoms with van der Waals surface area (Å²) < 4.78 is 0.803. The smallest absolute Gasteiger partial charge is 0.182 e. The van der Waals surface area contributed by atoms with Gasteiger partial charge in [-0.2, -0.15) is 0 Å². The Bertz CT molecular complexity index is 382. The number of fused-ring (bicyclic) bond motifs is 1. The lowest BCUT2D eigenvalue weighted by Crippen LogP contribution is -2.27. The molecule has 2 rings (SSSR count). The van der Waals surface area contributed by atoms with Crippen LogP contribution in [0.15, 0.2) is 11.4 Å². The zero-order chi connectivity index (χ0) is 10.1. The largest absolute Gasteiger partial charge is 0.292 e. The average molecular weight is 260 g/mol. The van der Waals surface area contributed by atoms with Crippen molar-refractivity contribution in [1.29, 1.82) is 0 Å². The number of hydrogen-bond donors (Lipinski definition) is 0. The number of ketones is 1. The Morgan fingerprint density at radius 1 is 1.71 bits per heavy atom. The summed E-state index contributed by atoms with van der Waals surface area (Å²) in [7, 11) is 0. The molecular weight excluding hydrogens is 252 g/mol. The maximum Gasteiger partial charge on any atom is 0.182 e. The first-order chi connectivity index (χ1) is 6.74. The molecule has 0 amide bonds. The third-order valence-corrected chi connectivity index (χ3v) is 6.06. The number of thioether (sulfide) groups is 2. The Labute approximate surface area is 101 Å². The van der Waals surface area contributed by atoms with Gasteiger partial charge in [0.1, 0.15) is 5.25 Å². The second-order valence-corrected chi connectivity index (χ2v) is 6.48. The van der Waals surface area contributed by atoms with Crippen LogP contribution >= 0.6 is 47.1 Å². The second kappa shape index (κ2) is 4.35. The number of rotatable bonds is 1. The number of carbonyl (C=O) groups is 1. The number of thiocarbonyl (C=S) groups is 1. The van der Waals surface area contributed by atoms with Crippen molar-refractivity contribution in [3.8, 4) is 0 Å². The van der Waals surface area contributed by atoms with Crippen molar-refractivity contribution in [3.63, 3.8) is 0 Å². The van der Waals surface area contributed by atoms with E-state index in [0.717, 1.165) is 15.5 Å². The van der Waals surface area contributed by atoms with Crippen LogP contribution < -0.4 is 0 Å². The van der Waals surface area contributed by atoms with Crippen LogP contribution in [-0.2, 0) is 5.75 Å². The summed E-state index contributed by atoms with van der Waals surface area (Å²) in [4.78, 5) is 13.2. The fourth-order valence-corrected chi connectivity index (χ4v) is 4.48. The van der Waals surface area contributed by atoms with Crippen LogP contribution in [0, 0.1) is 0 Å². The van der Waals surface area contributed by atoms with Crippen molar-refractivity contribution in [2.24, 2.45) is 0 Å². The van der Waals surface area contributed by atoms with E-state index in [2.05, 4.69) is 0 Å². The summed E-state index contributed by atoms with van der Waals surface area (Å²) in [6.45, 7) is 0. The predicted octanol–water partition coefficient (Wildman–Crippen LogP) is 3.24. The summed E-state index contributed by atoms with van der Waals surface area (Å²) in [5.41, 5.74) is 0.884. The van der Waals surface area contributed by atoms with Crippen LogP contribution in [0.1, 0.15) is 15.2 Å². The van der Waals surface area contributed by atoms with Crippen LogP contribution in [0.3, 0.4) is 0 Å². The minimum Gasteiger partial charge on any atom is -0.292 e. The molecule has 0 N–H and O–H groups in total. The van der Waals surface area contributed by atoms with Gasteiger partial charge in [0.2, 0.25) is 0 Å². The van der Waals surface area contributed by atoms with Gasteiger partial charge in [0.25, 0.3) is 0 Å². The molecule has 0 radical (unpaired) electrons. The molecule has 0 aromatic carbocycles. The number of thiophene rings is 1. The van der Waals surface area contributed by atoms with Gasteiger partial charge in [0.05, 0.1) is 4.20 Å². The molecule has 0 bridgehead atoms. The van der Waals surface area contributed by atoms with Gasteiger partial charge in [-0.1, -0.05) is 12.2 Å². The molecule has 0 fully saturated rings. The van der Waals surface area contributed by atoms with E-state index < -0.39 is 0 Å². The van der Waals surface area contributed by atoms with Crippen molar-refractivity contribution in [2.75, 3.05) is 6.26 Å². The molecule has 1 aliphatic heterocycles. The van der Waals surface area contributed by atoms with Crippen molar-refractivity contribution in [2.45, 2.75) is 11.0 Å². The fraction of sp³-hybridized carbons (Fsp3) is 0.333. The van der Waals surface area contributed by atoms with Crippen LogP contribution in [0.5, 0.6) is 0 Å². The molecule has 0 saturated heterocycles. The first-order valence-electron chi connectivity index (χ1n) is 4.04. The van der Waals surface area contributed by atoms with Crippen LogP contribution in [-0.4, -0.2) is 21.5 Å². The molecule has 1 unspecified atom stereocenters. The summed E-state index contributed by atoms with van der Waals surface area (Å²) in [5.74, 6) is 1.11. The zero-order valence-corrected chi connectivity index (χ0v) is 10.7. The highest BCUT2D eigenvalue weighted by atomic mass is 32.2. The molecule has 1 aromatic rings. The van der Waals surface area contributed by atoms with Gasteiger partial charge in [0.15, 0.2) is 5.78 Å². The predicted molar refractivity (Wildman–Crippen MR) is 69.8 cm³/mol. The Morgan fingerprint density at radius 3 is 3.21 bits per heavy atom. The lowest BCUT2D eigenvalue weighted by molar-refractivity contribution is 0.100. The maximum absolute atomic E-state index is 12.0. The van der Waals surface area contributed by atoms with Gasteiger partial charge < -0.3 is 0 Å². The lowest BCUT2D eigenvalue weighted by atomic mass is 10.1. The van der Waals surface area contributed by atoms with Crippen LogP contribution in [0.4, 0.5) is 0 Å². The topological polar surface area (TPSA) is 17.1 Å². The Kier molecular flexibility index (Phi) is 3.31. The third-order valence-electron chi connectivity index (χ3n) is 2.05. The molecular formula is C9H8OS4. The Morgan fingerprint density at radius 2 is 2.50 bits per heavy atom. The molecule has 1 nitrogen and oxygen atoms in total. The van der Waals surface area contributed by atoms with Gasteiger partial charge in [0, 0.05) is 16.2 Å². The monoisotopic (exact) mass is 260 g/mol. The number of Topliss-reactive ketones (excluding diaryl/α,β-unsaturated/α-hetero) is 1. The van der Waals surface area contributed by atoms with Crippen molar-refractivity contribution >= 4 is 57.1 Å². The molecule has 74 valence electrons. The van der Waals surface area contributed by atoms with Gasteiger partial charge in [-0.3, -0.25) is 4.79 Å². The van der Waals surface area contributed by atoms with E-state index >= 15 is 0 Å². The van der Waals surface area contributed by atoms with E-state index in [1.165, 1.54) is 16.6 Å². The highest BCUT2D eigenvalue weighted by Gasteiger charge is 2.31. The fourth-order valence-electron chi connectivity index (χ4n) is 1.33. The summed E-state index contributed by atoms with van der Waals surface area (Å²) in [5, 5.41) is 1.87. The highest BCUT2D eigenvalue weighted by molar-refractivity contribution is 8.24. The van der Waals surface area contributed by atoms with Gasteiger partial charge in [-0.15, -0.1) is 34.9 Å². The first kappa shape index (κ1) is 10.7. The van der Waals surface area contributed by atoms with E-state index in [1.807, 2.05) is 17.7 Å². The van der Waals surface area contributed by atoms with E-state index in [4.69, 9.17) is 12.2 Å². The SMILES string of the molecule is CSC(=S)C1SCc2sccc2C1=O. The van der Waals surface area contributed by atoms with Gasteiger partial charge >= 0.3 is 0 Å². The highest BCUT2D eigenvalue weighted by Crippen LogP contribution is 2.35. The summed E-state index contributed by atoms with van der Waals surface area (Å²) in [6.07, 6.45) is 1.93. The number of hydrogen-bond acceptors (Lipinski definition) is 5. The Hall–Kier alpha value is 0.160. The normalized spacial score (nSPS) is 20.6. The molecule has 1 aromatic heterocycles. The van der Waals surface area contributed by atoms with E-state index in [-0.39, 0.29) is 11.0 Å². The first-order valence-corrected chi connectivity index (χ1v) is 7.60. The average Bonchev–Trinajstić information content (AvgIpc) is 2.66. The van der Waals surface area contributed by atoms with Crippen LogP contribution in [0.25, 0.3) is 0 Å². The van der Waals surface area contributed by atoms with Gasteiger partial charge in [-0.25, -0.2) is 0 Å². The molecule has 14 heavy (non-hydrogen) atoms. The molecule has 5 heteroatoms. The molecule has 0 saturated carbocycles. The van der Waals surface area contributed by atoms with Crippen molar-refractivity contribution in [1.82, 2.24) is 0 Å². The summed E-state index contributed by atoms with van der Waals surface area (Å²) >= 11 is 9.99. The quantitative estimate of drug-likeness (QED) is 0.721. The molecule has 0 spiro atoms. The number of carbonyl (C=O) groups excluding carboxylic acids is 1. The minimum absolute atomic E-state index is 0.109. The maximum atomic E-state index is 12.0. The molecule has 1 atom stereocenters. The third kappa shape index (κ3) is 1.78. The van der Waals surface area contributed by atoms with Gasteiger partial charge in [-0.05, 0) is 17.7 Å². The van der Waals surface area contributed by atoms with Crippen molar-refractivity contribution < 1.29 is 4.79 Å². The standard InChI is InChI=1S/C9H8OS4/c1-12-9(11)8-7(10)5-2-3-13-6(5)4-14-8/h2-3,8H,4H2,1H3. The van der Waals surface area contributed by atoms with E-state index in [0.29, 0.717) is 0 Å². The summed E-state index contributed by atoms with van der Waals surface area (Å²) in [6, 6.07) is 1.91. The van der Waals surface area contributed by atoms with E-state index in [9.17, 15) is 4.79 Å². The molecule has 0 aliphatic carbocycles. The minimum atomic E-state index is -0.109. The van der Waals surface area contributed by atoms with Crippen LogP contribution in [0.2, 0.25) is 0 Å². The second-order valence-electron chi connectivity index (χ2n) is 2.84. The zero-order valence-electron chi connectivity index (χ0n) is 7.48. The molecule has 2 heterocycles. The lowest BCUT2D eigenvalue weighted by Gasteiger charge is -2.19. The Balaban J connectivity index is 2.30. The van der Waals surface area contributed by atoms with E-state index in [1.54, 1.807) is 23.1 Å².